The quantitative estimate of drug-likeness (QED) is 0.0407. The van der Waals surface area contributed by atoms with Gasteiger partial charge in [0, 0.05) is 43.1 Å². The van der Waals surface area contributed by atoms with Crippen molar-refractivity contribution in [2.45, 2.75) is 49.5 Å². The SMILES string of the molecule is O=S(=O)(O)c1cc(Nc2nc(Sc3ccccc3)cc(Sc3ccccc3)n2)ccc1/C=C/c1ccc(Nc2nc(Sc3ccccc3)cc(Sc3ccccc3)n2)cc1S(=O)(=O)O. The summed E-state index contributed by atoms with van der Waals surface area (Å²) in [6.07, 6.45) is 2.65. The molecule has 2 heterocycles. The highest BCUT2D eigenvalue weighted by molar-refractivity contribution is 8.00. The van der Waals surface area contributed by atoms with E-state index in [2.05, 4.69) is 30.6 Å². The van der Waals surface area contributed by atoms with Crippen molar-refractivity contribution in [3.8, 4) is 0 Å². The maximum atomic E-state index is 12.8. The van der Waals surface area contributed by atoms with Gasteiger partial charge in [0.1, 0.15) is 29.9 Å². The van der Waals surface area contributed by atoms with Crippen molar-refractivity contribution in [3.63, 3.8) is 0 Å². The van der Waals surface area contributed by atoms with E-state index in [1.165, 1.54) is 83.5 Å². The Morgan fingerprint density at radius 1 is 0.391 bits per heavy atom. The minimum absolute atomic E-state index is 0.0377. The number of anilines is 4. The topological polar surface area (TPSA) is 184 Å². The molecule has 0 unspecified atom stereocenters. The first-order valence-electron chi connectivity index (χ1n) is 19.0. The molecular weight excluding hydrogens is 925 g/mol. The lowest BCUT2D eigenvalue weighted by molar-refractivity contribution is 0.480. The van der Waals surface area contributed by atoms with Gasteiger partial charge >= 0.3 is 0 Å². The minimum atomic E-state index is -4.81. The Bertz CT molecular complexity index is 2840. The minimum Gasteiger partial charge on any atom is -0.324 e. The third-order valence-electron chi connectivity index (χ3n) is 8.76. The molecule has 2 aromatic heterocycles. The van der Waals surface area contributed by atoms with Crippen LogP contribution in [0.2, 0.25) is 0 Å². The molecule has 0 aliphatic carbocycles. The van der Waals surface area contributed by atoms with Gasteiger partial charge in [-0.05, 0) is 83.9 Å². The van der Waals surface area contributed by atoms with Crippen LogP contribution in [0.15, 0.2) is 219 Å². The van der Waals surface area contributed by atoms with Crippen molar-refractivity contribution < 1.29 is 25.9 Å². The molecular formula is C46H34N6O6S6. The Labute approximate surface area is 387 Å². The van der Waals surface area contributed by atoms with Crippen LogP contribution >= 0.6 is 47.0 Å². The second kappa shape index (κ2) is 20.3. The third kappa shape index (κ3) is 12.4. The van der Waals surface area contributed by atoms with Crippen LogP contribution in [0.1, 0.15) is 11.1 Å². The van der Waals surface area contributed by atoms with E-state index in [9.17, 15) is 25.9 Å². The van der Waals surface area contributed by atoms with Crippen LogP contribution in [0.3, 0.4) is 0 Å². The molecule has 4 N–H and O–H groups in total. The molecule has 0 saturated carbocycles. The molecule has 0 radical (unpaired) electrons. The van der Waals surface area contributed by atoms with Crippen LogP contribution in [0, 0.1) is 0 Å². The molecule has 0 spiro atoms. The van der Waals surface area contributed by atoms with Crippen molar-refractivity contribution >= 4 is 103 Å². The van der Waals surface area contributed by atoms with Gasteiger partial charge in [0.05, 0.1) is 0 Å². The Kier molecular flexibility index (Phi) is 14.1. The number of hydrogen-bond donors (Lipinski definition) is 4. The second-order valence-corrected chi connectivity index (χ2v) is 20.6. The van der Waals surface area contributed by atoms with Gasteiger partial charge in [-0.2, -0.15) is 16.8 Å². The zero-order chi connectivity index (χ0) is 44.5. The second-order valence-electron chi connectivity index (χ2n) is 13.4. The number of hydrogen-bond acceptors (Lipinski definition) is 14. The normalized spacial score (nSPS) is 11.7. The fourth-order valence-electron chi connectivity index (χ4n) is 5.95. The van der Waals surface area contributed by atoms with Crippen molar-refractivity contribution in [1.29, 1.82) is 0 Å². The Balaban J connectivity index is 1.07. The van der Waals surface area contributed by atoms with Crippen LogP contribution in [0.25, 0.3) is 12.2 Å². The highest BCUT2D eigenvalue weighted by atomic mass is 32.2. The number of nitrogens with one attached hydrogen (secondary N) is 2. The summed E-state index contributed by atoms with van der Waals surface area (Å²) in [5.41, 5.74) is 0.594. The van der Waals surface area contributed by atoms with E-state index in [0.717, 1.165) is 19.6 Å². The van der Waals surface area contributed by atoms with Crippen molar-refractivity contribution in [2.75, 3.05) is 10.6 Å². The molecule has 12 nitrogen and oxygen atoms in total. The van der Waals surface area contributed by atoms with Gasteiger partial charge < -0.3 is 10.6 Å². The summed E-state index contributed by atoms with van der Waals surface area (Å²) in [6.45, 7) is 0. The molecule has 0 fully saturated rings. The summed E-state index contributed by atoms with van der Waals surface area (Å²) in [5, 5.41) is 8.71. The zero-order valence-electron chi connectivity index (χ0n) is 33.1. The third-order valence-corrected chi connectivity index (χ3v) is 14.3. The zero-order valence-corrected chi connectivity index (χ0v) is 38.0. The predicted octanol–water partition coefficient (Wildman–Crippen LogP) is 12.0. The van der Waals surface area contributed by atoms with Gasteiger partial charge in [-0.25, -0.2) is 19.9 Å². The summed E-state index contributed by atoms with van der Waals surface area (Å²) < 4.78 is 71.8. The molecule has 8 aromatic rings. The van der Waals surface area contributed by atoms with Gasteiger partial charge in [-0.1, -0.05) is 144 Å². The molecule has 0 aliphatic heterocycles. The molecule has 18 heteroatoms. The number of aromatic nitrogens is 4. The van der Waals surface area contributed by atoms with Crippen LogP contribution in [-0.2, 0) is 20.2 Å². The molecule has 6 aromatic carbocycles. The lowest BCUT2D eigenvalue weighted by Gasteiger charge is -2.12. The lowest BCUT2D eigenvalue weighted by Crippen LogP contribution is -2.05. The largest absolute Gasteiger partial charge is 0.324 e. The molecule has 0 aliphatic rings. The molecule has 0 bridgehead atoms. The first-order valence-corrected chi connectivity index (χ1v) is 25.2. The molecule has 0 atom stereocenters. The maximum absolute atomic E-state index is 12.8. The van der Waals surface area contributed by atoms with E-state index in [1.54, 1.807) is 12.1 Å². The van der Waals surface area contributed by atoms with E-state index >= 15 is 0 Å². The highest BCUT2D eigenvalue weighted by Gasteiger charge is 2.19. The van der Waals surface area contributed by atoms with E-state index < -0.39 is 30.0 Å². The standard InChI is InChI=1S/C46H34N6O6S6/c53-63(54,55)39-27-33(47-45-49-41(59-35-13-5-1-6-14-35)29-42(50-45)60-36-15-7-2-8-16-36)25-23-31(39)21-22-32-24-26-34(28-40(32)64(56,57)58)48-46-51-43(61-37-17-9-3-10-18-37)30-44(52-46)62-38-19-11-4-12-20-38/h1-30H,(H,47,49,50)(H,48,51,52)(H,53,54,55)(H,56,57,58)/b22-21+. The molecule has 320 valence electrons. The lowest BCUT2D eigenvalue weighted by atomic mass is 10.1. The van der Waals surface area contributed by atoms with Crippen molar-refractivity contribution in [1.82, 2.24) is 19.9 Å². The Morgan fingerprint density at radius 2 is 0.672 bits per heavy atom. The van der Waals surface area contributed by atoms with Gasteiger partial charge in [-0.15, -0.1) is 0 Å². The van der Waals surface area contributed by atoms with E-state index in [-0.39, 0.29) is 34.4 Å². The molecule has 0 saturated heterocycles. The van der Waals surface area contributed by atoms with Gasteiger partial charge in [0.25, 0.3) is 20.2 Å². The van der Waals surface area contributed by atoms with E-state index in [1.807, 2.05) is 133 Å². The van der Waals surface area contributed by atoms with Crippen LogP contribution in [0.5, 0.6) is 0 Å². The van der Waals surface area contributed by atoms with Crippen LogP contribution < -0.4 is 10.6 Å². The summed E-state index contributed by atoms with van der Waals surface area (Å²) in [6, 6.07) is 51.0. The van der Waals surface area contributed by atoms with E-state index in [4.69, 9.17) is 0 Å². The maximum Gasteiger partial charge on any atom is 0.295 e. The van der Waals surface area contributed by atoms with Crippen LogP contribution in [-0.4, -0.2) is 45.9 Å². The average molecular weight is 959 g/mol. The summed E-state index contributed by atoms with van der Waals surface area (Å²) in [4.78, 5) is 21.6. The van der Waals surface area contributed by atoms with Gasteiger partial charge in [0.2, 0.25) is 11.9 Å². The number of nitrogens with zero attached hydrogens (tertiary/aromatic N) is 4. The molecule has 64 heavy (non-hydrogen) atoms. The van der Waals surface area contributed by atoms with Crippen LogP contribution in [0.4, 0.5) is 23.3 Å². The van der Waals surface area contributed by atoms with Crippen molar-refractivity contribution in [2.24, 2.45) is 0 Å². The fraction of sp³-hybridized carbons (Fsp3) is 0. The smallest absolute Gasteiger partial charge is 0.295 e. The summed E-state index contributed by atoms with van der Waals surface area (Å²) >= 11 is 5.74. The van der Waals surface area contributed by atoms with Gasteiger partial charge in [-0.3, -0.25) is 9.11 Å². The fourth-order valence-corrected chi connectivity index (χ4v) is 10.9. The Morgan fingerprint density at radius 3 is 0.938 bits per heavy atom. The van der Waals surface area contributed by atoms with Gasteiger partial charge in [0.15, 0.2) is 0 Å². The molecule has 8 rings (SSSR count). The molecule has 0 amide bonds. The Hall–Kier alpha value is -5.96. The monoisotopic (exact) mass is 958 g/mol. The average Bonchev–Trinajstić information content (AvgIpc) is 3.27. The summed E-state index contributed by atoms with van der Waals surface area (Å²) in [7, 11) is -9.63. The number of rotatable bonds is 16. The predicted molar refractivity (Wildman–Crippen MR) is 254 cm³/mol. The van der Waals surface area contributed by atoms with Crippen molar-refractivity contribution in [3.05, 3.63) is 181 Å². The first kappa shape index (κ1) is 44.6. The van der Waals surface area contributed by atoms with E-state index in [0.29, 0.717) is 20.1 Å². The first-order chi connectivity index (χ1) is 30.9. The highest BCUT2D eigenvalue weighted by Crippen LogP contribution is 2.36. The summed E-state index contributed by atoms with van der Waals surface area (Å²) in [5.74, 6) is 0.377. The number of benzene rings is 6.